The van der Waals surface area contributed by atoms with E-state index in [9.17, 15) is 14.7 Å². The van der Waals surface area contributed by atoms with Crippen molar-refractivity contribution in [3.05, 3.63) is 82.1 Å². The number of carbonyl (C=O) groups excluding carboxylic acids is 2. The fourth-order valence-corrected chi connectivity index (χ4v) is 4.36. The molecule has 4 heterocycles. The van der Waals surface area contributed by atoms with Crippen molar-refractivity contribution in [3.8, 4) is 0 Å². The minimum atomic E-state index is -0.842. The number of fused-ring (bicyclic) bond motifs is 1. The number of carbonyl (C=O) groups is 2. The van der Waals surface area contributed by atoms with Gasteiger partial charge in [-0.05, 0) is 48.7 Å². The largest absolute Gasteiger partial charge is 0.507 e. The summed E-state index contributed by atoms with van der Waals surface area (Å²) in [5, 5.41) is 14.5. The number of amides is 1. The number of Topliss-reactive ketones (excluding diaryl/α,β-unsaturated/α-hetero) is 1. The summed E-state index contributed by atoms with van der Waals surface area (Å²) in [6, 6.07) is 11.6. The van der Waals surface area contributed by atoms with Crippen LogP contribution < -0.4 is 4.90 Å². The van der Waals surface area contributed by atoms with Gasteiger partial charge in [0.1, 0.15) is 11.8 Å². The van der Waals surface area contributed by atoms with E-state index in [4.69, 9.17) is 0 Å². The van der Waals surface area contributed by atoms with E-state index < -0.39 is 17.7 Å². The minimum absolute atomic E-state index is 0.0289. The summed E-state index contributed by atoms with van der Waals surface area (Å²) in [4.78, 5) is 39.3. The summed E-state index contributed by atoms with van der Waals surface area (Å²) in [6.45, 7) is 1.84. The number of H-pyrrole nitrogens is 1. The van der Waals surface area contributed by atoms with E-state index in [0.717, 1.165) is 16.7 Å². The first-order valence-corrected chi connectivity index (χ1v) is 10.2. The number of nitrogens with one attached hydrogen (secondary N) is 1. The van der Waals surface area contributed by atoms with Crippen molar-refractivity contribution in [1.82, 2.24) is 15.0 Å². The van der Waals surface area contributed by atoms with Gasteiger partial charge in [0.05, 0.1) is 28.6 Å². The van der Waals surface area contributed by atoms with Crippen LogP contribution in [0.4, 0.5) is 5.69 Å². The lowest BCUT2D eigenvalue weighted by Gasteiger charge is -2.24. The summed E-state index contributed by atoms with van der Waals surface area (Å²) < 4.78 is 0. The van der Waals surface area contributed by atoms with Crippen molar-refractivity contribution in [1.29, 1.82) is 0 Å². The number of anilines is 1. The van der Waals surface area contributed by atoms with E-state index in [1.54, 1.807) is 47.4 Å². The molecule has 0 bridgehead atoms. The Morgan fingerprint density at radius 2 is 2.07 bits per heavy atom. The Morgan fingerprint density at radius 1 is 1.20 bits per heavy atom. The van der Waals surface area contributed by atoms with Crippen molar-refractivity contribution >= 4 is 45.5 Å². The molecule has 148 valence electrons. The maximum atomic E-state index is 13.1. The number of aliphatic hydroxyl groups excluding tert-OH is 1. The van der Waals surface area contributed by atoms with Crippen molar-refractivity contribution in [2.75, 3.05) is 4.90 Å². The standard InChI is InChI=1S/C22H16N4O3S/c1-12-3-2-4-16(25-12)19-18(20(27)13-7-8-30-10-13)21(28)22(29)26(19)14-5-6-15-17(9-14)24-11-23-15/h2-11,19,27H,1H3,(H,23,24)/b20-18+. The zero-order chi connectivity index (χ0) is 20.8. The molecule has 0 radical (unpaired) electrons. The lowest BCUT2D eigenvalue weighted by Crippen LogP contribution is -2.29. The molecule has 0 aliphatic carbocycles. The second-order valence-electron chi connectivity index (χ2n) is 6.99. The number of hydrogen-bond acceptors (Lipinski definition) is 6. The third kappa shape index (κ3) is 2.81. The predicted molar refractivity (Wildman–Crippen MR) is 114 cm³/mol. The maximum Gasteiger partial charge on any atom is 0.300 e. The Balaban J connectivity index is 1.75. The highest BCUT2D eigenvalue weighted by atomic mass is 32.1. The van der Waals surface area contributed by atoms with Crippen LogP contribution in [0.25, 0.3) is 16.8 Å². The number of aryl methyl sites for hydroxylation is 1. The molecule has 5 rings (SSSR count). The molecular formula is C22H16N4O3S. The van der Waals surface area contributed by atoms with Crippen LogP contribution >= 0.6 is 11.3 Å². The zero-order valence-corrected chi connectivity index (χ0v) is 16.7. The molecule has 1 aliphatic heterocycles. The third-order valence-corrected chi connectivity index (χ3v) is 5.79. The van der Waals surface area contributed by atoms with E-state index in [0.29, 0.717) is 16.9 Å². The van der Waals surface area contributed by atoms with E-state index in [-0.39, 0.29) is 11.3 Å². The fraction of sp³-hybridized carbons (Fsp3) is 0.0909. The quantitative estimate of drug-likeness (QED) is 0.299. The smallest absolute Gasteiger partial charge is 0.300 e. The predicted octanol–water partition coefficient (Wildman–Crippen LogP) is 3.95. The Kier molecular flexibility index (Phi) is 4.22. The van der Waals surface area contributed by atoms with Crippen LogP contribution in [0.5, 0.6) is 0 Å². The summed E-state index contributed by atoms with van der Waals surface area (Å²) in [6.07, 6.45) is 1.57. The lowest BCUT2D eigenvalue weighted by atomic mass is 9.99. The number of aliphatic hydroxyl groups is 1. The van der Waals surface area contributed by atoms with Crippen LogP contribution in [0.3, 0.4) is 0 Å². The third-order valence-electron chi connectivity index (χ3n) is 5.11. The van der Waals surface area contributed by atoms with E-state index in [1.807, 2.05) is 19.1 Å². The first-order valence-electron chi connectivity index (χ1n) is 9.25. The van der Waals surface area contributed by atoms with Gasteiger partial charge in [-0.25, -0.2) is 4.98 Å². The van der Waals surface area contributed by atoms with Gasteiger partial charge in [0.15, 0.2) is 0 Å². The van der Waals surface area contributed by atoms with E-state index in [1.165, 1.54) is 16.2 Å². The van der Waals surface area contributed by atoms with Crippen molar-refractivity contribution in [2.24, 2.45) is 0 Å². The molecule has 7 nitrogen and oxygen atoms in total. The van der Waals surface area contributed by atoms with Crippen molar-refractivity contribution < 1.29 is 14.7 Å². The highest BCUT2D eigenvalue weighted by Crippen LogP contribution is 2.42. The molecule has 3 aromatic heterocycles. The van der Waals surface area contributed by atoms with Gasteiger partial charge < -0.3 is 10.1 Å². The fourth-order valence-electron chi connectivity index (χ4n) is 3.72. The van der Waals surface area contributed by atoms with Gasteiger partial charge in [-0.2, -0.15) is 11.3 Å². The number of nitrogens with zero attached hydrogens (tertiary/aromatic N) is 3. The number of pyridine rings is 1. The van der Waals surface area contributed by atoms with E-state index >= 15 is 0 Å². The van der Waals surface area contributed by atoms with Gasteiger partial charge in [0.25, 0.3) is 11.7 Å². The van der Waals surface area contributed by atoms with Crippen LogP contribution in [0, 0.1) is 6.92 Å². The van der Waals surface area contributed by atoms with Crippen LogP contribution in [0.1, 0.15) is 23.0 Å². The van der Waals surface area contributed by atoms with E-state index in [2.05, 4.69) is 15.0 Å². The first kappa shape index (κ1) is 18.3. The molecular weight excluding hydrogens is 400 g/mol. The van der Waals surface area contributed by atoms with Crippen LogP contribution in [0.2, 0.25) is 0 Å². The number of thiophene rings is 1. The maximum absolute atomic E-state index is 13.1. The molecule has 1 amide bonds. The van der Waals surface area contributed by atoms with Gasteiger partial charge in [-0.3, -0.25) is 19.5 Å². The highest BCUT2D eigenvalue weighted by Gasteiger charge is 2.47. The summed E-state index contributed by atoms with van der Waals surface area (Å²) in [5.74, 6) is -1.65. The van der Waals surface area contributed by atoms with Crippen LogP contribution in [0.15, 0.2) is 65.1 Å². The number of rotatable bonds is 3. The highest BCUT2D eigenvalue weighted by molar-refractivity contribution is 7.08. The second kappa shape index (κ2) is 6.93. The van der Waals surface area contributed by atoms with Crippen molar-refractivity contribution in [3.63, 3.8) is 0 Å². The van der Waals surface area contributed by atoms with Crippen LogP contribution in [-0.2, 0) is 9.59 Å². The van der Waals surface area contributed by atoms with Crippen LogP contribution in [-0.4, -0.2) is 31.7 Å². The average Bonchev–Trinajstić information content (AvgIpc) is 3.48. The second-order valence-corrected chi connectivity index (χ2v) is 7.77. The Hall–Kier alpha value is -3.78. The molecule has 0 spiro atoms. The molecule has 1 saturated heterocycles. The van der Waals surface area contributed by atoms with Gasteiger partial charge in [0, 0.05) is 22.3 Å². The number of benzene rings is 1. The molecule has 0 saturated carbocycles. The Bertz CT molecular complexity index is 1320. The SMILES string of the molecule is Cc1cccc(C2/C(=C(\O)c3ccsc3)C(=O)C(=O)N2c2ccc3nc[nH]c3c2)n1. The molecule has 1 fully saturated rings. The number of aromatic amines is 1. The number of hydrogen-bond donors (Lipinski definition) is 2. The molecule has 1 atom stereocenters. The van der Waals surface area contributed by atoms with Gasteiger partial charge in [-0.15, -0.1) is 0 Å². The number of ketones is 1. The Labute approximate surface area is 175 Å². The molecule has 8 heteroatoms. The summed E-state index contributed by atoms with van der Waals surface area (Å²) in [7, 11) is 0. The molecule has 1 aromatic carbocycles. The van der Waals surface area contributed by atoms with Gasteiger partial charge >= 0.3 is 0 Å². The molecule has 30 heavy (non-hydrogen) atoms. The lowest BCUT2D eigenvalue weighted by molar-refractivity contribution is -0.132. The number of imidazole rings is 1. The molecule has 1 unspecified atom stereocenters. The van der Waals surface area contributed by atoms with Crippen molar-refractivity contribution in [2.45, 2.75) is 13.0 Å². The topological polar surface area (TPSA) is 99.2 Å². The number of aromatic nitrogens is 3. The summed E-state index contributed by atoms with van der Waals surface area (Å²) in [5.41, 5.74) is 3.79. The zero-order valence-electron chi connectivity index (χ0n) is 15.9. The average molecular weight is 416 g/mol. The molecule has 2 N–H and O–H groups in total. The Morgan fingerprint density at radius 3 is 2.83 bits per heavy atom. The first-order chi connectivity index (χ1) is 14.5. The molecule has 1 aliphatic rings. The summed E-state index contributed by atoms with van der Waals surface area (Å²) >= 11 is 1.40. The minimum Gasteiger partial charge on any atom is -0.507 e. The van der Waals surface area contributed by atoms with Gasteiger partial charge in [0.2, 0.25) is 0 Å². The molecule has 4 aromatic rings. The normalized spacial score (nSPS) is 18.4. The van der Waals surface area contributed by atoms with Gasteiger partial charge in [-0.1, -0.05) is 6.07 Å². The monoisotopic (exact) mass is 416 g/mol.